The van der Waals surface area contributed by atoms with Gasteiger partial charge in [0.05, 0.1) is 19.3 Å². The molecule has 5 nitrogen and oxygen atoms in total. The van der Waals surface area contributed by atoms with E-state index >= 15 is 0 Å². The minimum Gasteiger partial charge on any atom is -0.465 e. The minimum absolute atomic E-state index is 0.292. The van der Waals surface area contributed by atoms with Gasteiger partial charge in [-0.05, 0) is 18.7 Å². The third-order valence-electron chi connectivity index (χ3n) is 3.09. The van der Waals surface area contributed by atoms with Crippen LogP contribution in [0.5, 0.6) is 0 Å². The Morgan fingerprint density at radius 3 is 2.70 bits per heavy atom. The summed E-state index contributed by atoms with van der Waals surface area (Å²) in [5, 5.41) is 3.34. The first kappa shape index (κ1) is 16.6. The Bertz CT molecular complexity index is 410. The average Bonchev–Trinajstić information content (AvgIpc) is 2.49. The Kier molecular flexibility index (Phi) is 7.87. The van der Waals surface area contributed by atoms with Crippen LogP contribution in [0.15, 0.2) is 24.3 Å². The maximum atomic E-state index is 11.6. The molecule has 0 bridgehead atoms. The zero-order chi connectivity index (χ0) is 14.8. The van der Waals surface area contributed by atoms with Gasteiger partial charge in [0.25, 0.3) is 0 Å². The predicted octanol–water partition coefficient (Wildman–Crippen LogP) is 1.14. The van der Waals surface area contributed by atoms with Gasteiger partial charge < -0.3 is 19.7 Å². The van der Waals surface area contributed by atoms with E-state index in [4.69, 9.17) is 9.47 Å². The van der Waals surface area contributed by atoms with Crippen LogP contribution in [-0.2, 0) is 16.0 Å². The number of nitrogens with one attached hydrogen (secondary N) is 1. The van der Waals surface area contributed by atoms with Crippen LogP contribution in [0.1, 0.15) is 15.9 Å². The van der Waals surface area contributed by atoms with Crippen LogP contribution in [0.2, 0.25) is 0 Å². The minimum atomic E-state index is -0.292. The van der Waals surface area contributed by atoms with Gasteiger partial charge in [-0.15, -0.1) is 0 Å². The summed E-state index contributed by atoms with van der Waals surface area (Å²) in [5.41, 5.74) is 1.58. The number of carbonyl (C=O) groups is 1. The molecule has 112 valence electrons. The van der Waals surface area contributed by atoms with Crippen molar-refractivity contribution in [1.29, 1.82) is 0 Å². The molecule has 0 atom stereocenters. The Balaban J connectivity index is 2.37. The third kappa shape index (κ3) is 5.69. The summed E-state index contributed by atoms with van der Waals surface area (Å²) in [7, 11) is 5.16. The zero-order valence-electron chi connectivity index (χ0n) is 12.5. The molecule has 20 heavy (non-hydrogen) atoms. The van der Waals surface area contributed by atoms with Gasteiger partial charge >= 0.3 is 5.97 Å². The molecule has 0 aliphatic heterocycles. The predicted molar refractivity (Wildman–Crippen MR) is 78.9 cm³/mol. The Labute approximate surface area is 120 Å². The number of carbonyl (C=O) groups excluding carboxylic acids is 1. The number of methoxy groups -OCH3 is 2. The van der Waals surface area contributed by atoms with Crippen LogP contribution < -0.4 is 5.32 Å². The molecular formula is C15H24N2O3. The Morgan fingerprint density at radius 1 is 1.25 bits per heavy atom. The molecule has 0 spiro atoms. The van der Waals surface area contributed by atoms with Crippen molar-refractivity contribution in [1.82, 2.24) is 10.2 Å². The van der Waals surface area contributed by atoms with Crippen molar-refractivity contribution in [3.63, 3.8) is 0 Å². The SMILES string of the molecule is COCCN(C)CCNCc1ccccc1C(=O)OC. The highest BCUT2D eigenvalue weighted by Crippen LogP contribution is 2.09. The number of hydrogen-bond acceptors (Lipinski definition) is 5. The van der Waals surface area contributed by atoms with E-state index in [2.05, 4.69) is 17.3 Å². The van der Waals surface area contributed by atoms with Crippen LogP contribution in [-0.4, -0.2) is 58.4 Å². The van der Waals surface area contributed by atoms with Crippen molar-refractivity contribution in [2.24, 2.45) is 0 Å². The van der Waals surface area contributed by atoms with E-state index < -0.39 is 0 Å². The Hall–Kier alpha value is -1.43. The molecule has 0 saturated carbocycles. The standard InChI is InChI=1S/C15H24N2O3/c1-17(10-11-19-2)9-8-16-12-13-6-4-5-7-14(13)15(18)20-3/h4-7,16H,8-12H2,1-3H3. The molecule has 0 unspecified atom stereocenters. The van der Waals surface area contributed by atoms with Crippen LogP contribution in [0.4, 0.5) is 0 Å². The van der Waals surface area contributed by atoms with Crippen LogP contribution >= 0.6 is 0 Å². The molecular weight excluding hydrogens is 256 g/mol. The number of hydrogen-bond donors (Lipinski definition) is 1. The lowest BCUT2D eigenvalue weighted by Crippen LogP contribution is -2.31. The zero-order valence-corrected chi connectivity index (χ0v) is 12.5. The van der Waals surface area contributed by atoms with Crippen LogP contribution in [0, 0.1) is 0 Å². The van der Waals surface area contributed by atoms with Gasteiger partial charge in [-0.1, -0.05) is 18.2 Å². The van der Waals surface area contributed by atoms with E-state index in [1.807, 2.05) is 18.2 Å². The lowest BCUT2D eigenvalue weighted by atomic mass is 10.1. The summed E-state index contributed by atoms with van der Waals surface area (Å²) in [6.45, 7) is 4.10. The summed E-state index contributed by atoms with van der Waals surface area (Å²) in [4.78, 5) is 13.8. The van der Waals surface area contributed by atoms with Gasteiger partial charge in [-0.2, -0.15) is 0 Å². The average molecular weight is 280 g/mol. The third-order valence-corrected chi connectivity index (χ3v) is 3.09. The number of benzene rings is 1. The van der Waals surface area contributed by atoms with E-state index in [1.165, 1.54) is 7.11 Å². The molecule has 1 rings (SSSR count). The largest absolute Gasteiger partial charge is 0.465 e. The van der Waals surface area contributed by atoms with Crippen LogP contribution in [0.25, 0.3) is 0 Å². The number of ether oxygens (including phenoxy) is 2. The lowest BCUT2D eigenvalue weighted by Gasteiger charge is -2.16. The monoisotopic (exact) mass is 280 g/mol. The van der Waals surface area contributed by atoms with Crippen molar-refractivity contribution >= 4 is 5.97 Å². The van der Waals surface area contributed by atoms with Gasteiger partial charge in [-0.3, -0.25) is 0 Å². The molecule has 0 aliphatic carbocycles. The van der Waals surface area contributed by atoms with Gasteiger partial charge in [-0.25, -0.2) is 4.79 Å². The fourth-order valence-electron chi connectivity index (χ4n) is 1.84. The summed E-state index contributed by atoms with van der Waals surface area (Å²) < 4.78 is 9.81. The van der Waals surface area contributed by atoms with Gasteiger partial charge in [0, 0.05) is 33.3 Å². The molecule has 0 radical (unpaired) electrons. The topological polar surface area (TPSA) is 50.8 Å². The van der Waals surface area contributed by atoms with Gasteiger partial charge in [0.1, 0.15) is 0 Å². The fourth-order valence-corrected chi connectivity index (χ4v) is 1.84. The summed E-state index contributed by atoms with van der Waals surface area (Å²) in [6.07, 6.45) is 0. The first-order valence-electron chi connectivity index (χ1n) is 6.73. The number of nitrogens with zero attached hydrogens (tertiary/aromatic N) is 1. The van der Waals surface area contributed by atoms with Gasteiger partial charge in [0.15, 0.2) is 0 Å². The molecule has 5 heteroatoms. The first-order valence-corrected chi connectivity index (χ1v) is 6.73. The van der Waals surface area contributed by atoms with E-state index in [9.17, 15) is 4.79 Å². The second-order valence-electron chi connectivity index (χ2n) is 4.62. The molecule has 0 aliphatic rings. The molecule has 0 amide bonds. The fraction of sp³-hybridized carbons (Fsp3) is 0.533. The number of rotatable bonds is 9. The lowest BCUT2D eigenvalue weighted by molar-refractivity contribution is 0.0599. The molecule has 1 N–H and O–H groups in total. The Morgan fingerprint density at radius 2 is 2.00 bits per heavy atom. The molecule has 1 aromatic carbocycles. The summed E-state index contributed by atoms with van der Waals surface area (Å²) >= 11 is 0. The highest BCUT2D eigenvalue weighted by molar-refractivity contribution is 5.90. The quantitative estimate of drug-likeness (QED) is 0.543. The van der Waals surface area contributed by atoms with Crippen LogP contribution in [0.3, 0.4) is 0 Å². The summed E-state index contributed by atoms with van der Waals surface area (Å²) in [5.74, 6) is -0.292. The smallest absolute Gasteiger partial charge is 0.338 e. The van der Waals surface area contributed by atoms with Crippen molar-refractivity contribution < 1.29 is 14.3 Å². The van der Waals surface area contributed by atoms with Crippen molar-refractivity contribution in [3.05, 3.63) is 35.4 Å². The second-order valence-corrected chi connectivity index (χ2v) is 4.62. The van der Waals surface area contributed by atoms with Gasteiger partial charge in [0.2, 0.25) is 0 Å². The summed E-state index contributed by atoms with van der Waals surface area (Å²) in [6, 6.07) is 7.49. The van der Waals surface area contributed by atoms with E-state index in [0.717, 1.165) is 31.8 Å². The highest BCUT2D eigenvalue weighted by atomic mass is 16.5. The van der Waals surface area contributed by atoms with E-state index in [0.29, 0.717) is 12.1 Å². The van der Waals surface area contributed by atoms with E-state index in [-0.39, 0.29) is 5.97 Å². The number of likely N-dealkylation sites (N-methyl/N-ethyl adjacent to an activating group) is 1. The van der Waals surface area contributed by atoms with Crippen molar-refractivity contribution in [2.75, 3.05) is 47.5 Å². The highest BCUT2D eigenvalue weighted by Gasteiger charge is 2.10. The molecule has 0 aromatic heterocycles. The normalized spacial score (nSPS) is 10.8. The maximum Gasteiger partial charge on any atom is 0.338 e. The molecule has 0 saturated heterocycles. The number of esters is 1. The van der Waals surface area contributed by atoms with E-state index in [1.54, 1.807) is 13.2 Å². The van der Waals surface area contributed by atoms with Crippen molar-refractivity contribution in [2.45, 2.75) is 6.54 Å². The second kappa shape index (κ2) is 9.47. The first-order chi connectivity index (χ1) is 9.69. The maximum absolute atomic E-state index is 11.6. The molecule has 1 aromatic rings. The van der Waals surface area contributed by atoms with Crippen molar-refractivity contribution in [3.8, 4) is 0 Å². The molecule has 0 fully saturated rings. The molecule has 0 heterocycles.